The number of halogens is 2. The smallest absolute Gasteiger partial charge is 0.306 e. The summed E-state index contributed by atoms with van der Waals surface area (Å²) in [5.41, 5.74) is 3.76. The maximum absolute atomic E-state index is 14.3. The summed E-state index contributed by atoms with van der Waals surface area (Å²) in [6, 6.07) is 9.24. The van der Waals surface area contributed by atoms with Gasteiger partial charge in [-0.25, -0.2) is 8.78 Å². The molecule has 34 heavy (non-hydrogen) atoms. The van der Waals surface area contributed by atoms with Crippen LogP contribution in [0.25, 0.3) is 16.6 Å². The van der Waals surface area contributed by atoms with Crippen molar-refractivity contribution in [1.82, 2.24) is 4.57 Å². The number of carbonyl (C=O) groups is 1. The van der Waals surface area contributed by atoms with Crippen LogP contribution in [0.5, 0.6) is 5.75 Å². The van der Waals surface area contributed by atoms with Gasteiger partial charge >= 0.3 is 5.97 Å². The van der Waals surface area contributed by atoms with Crippen LogP contribution in [0.4, 0.5) is 8.78 Å². The highest BCUT2D eigenvalue weighted by atomic mass is 19.2. The van der Waals surface area contributed by atoms with E-state index in [1.54, 1.807) is 18.2 Å². The lowest BCUT2D eigenvalue weighted by Crippen LogP contribution is -2.49. The van der Waals surface area contributed by atoms with Crippen molar-refractivity contribution in [3.8, 4) is 11.4 Å². The fraction of sp³-hybridized carbons (Fsp3) is 0.444. The largest absolute Gasteiger partial charge is 0.508 e. The van der Waals surface area contributed by atoms with Crippen molar-refractivity contribution in [2.75, 3.05) is 13.2 Å². The topological polar surface area (TPSA) is 71.7 Å². The number of fused-ring (bicyclic) bond motifs is 1. The minimum absolute atomic E-state index is 0.0912. The number of phenols is 1. The van der Waals surface area contributed by atoms with E-state index in [2.05, 4.69) is 0 Å². The van der Waals surface area contributed by atoms with Crippen molar-refractivity contribution >= 4 is 16.9 Å². The molecule has 1 aliphatic heterocycles. The molecule has 1 saturated heterocycles. The van der Waals surface area contributed by atoms with Crippen molar-refractivity contribution in [3.05, 3.63) is 59.3 Å². The van der Waals surface area contributed by atoms with Crippen molar-refractivity contribution in [2.24, 2.45) is 11.3 Å². The number of rotatable bonds is 4. The van der Waals surface area contributed by atoms with Gasteiger partial charge in [-0.15, -0.1) is 0 Å². The summed E-state index contributed by atoms with van der Waals surface area (Å²) in [4.78, 5) is 11.3. The molecular formula is C27H27F2NO4. The van der Waals surface area contributed by atoms with Crippen LogP contribution in [0, 0.1) is 23.0 Å². The van der Waals surface area contributed by atoms with Gasteiger partial charge in [-0.1, -0.05) is 0 Å². The number of nitrogens with zero attached hydrogens (tertiary/aromatic N) is 1. The van der Waals surface area contributed by atoms with Crippen LogP contribution in [0.2, 0.25) is 0 Å². The third-order valence-corrected chi connectivity index (χ3v) is 8.27. The Morgan fingerprint density at radius 1 is 0.971 bits per heavy atom. The first-order chi connectivity index (χ1) is 16.3. The molecule has 0 bridgehead atoms. The van der Waals surface area contributed by atoms with Gasteiger partial charge in [0.25, 0.3) is 0 Å². The van der Waals surface area contributed by atoms with Gasteiger partial charge in [0.15, 0.2) is 11.6 Å². The summed E-state index contributed by atoms with van der Waals surface area (Å²) in [6.07, 6.45) is 4.94. The summed E-state index contributed by atoms with van der Waals surface area (Å²) in [5.74, 6) is -2.14. The Morgan fingerprint density at radius 3 is 2.38 bits per heavy atom. The molecule has 0 amide bonds. The normalized spacial score (nSPS) is 27.0. The van der Waals surface area contributed by atoms with Gasteiger partial charge < -0.3 is 19.5 Å². The molecule has 7 heteroatoms. The molecule has 2 saturated carbocycles. The predicted molar refractivity (Wildman–Crippen MR) is 122 cm³/mol. The molecule has 0 unspecified atom stereocenters. The van der Waals surface area contributed by atoms with Crippen molar-refractivity contribution in [3.63, 3.8) is 0 Å². The fourth-order valence-electron chi connectivity index (χ4n) is 6.71. The molecule has 3 fully saturated rings. The predicted octanol–water partition coefficient (Wildman–Crippen LogP) is 5.87. The second-order valence-electron chi connectivity index (χ2n) is 10.4. The minimum Gasteiger partial charge on any atom is -0.508 e. The number of aromatic nitrogens is 1. The maximum atomic E-state index is 14.3. The molecule has 2 heterocycles. The average molecular weight is 468 g/mol. The Morgan fingerprint density at radius 2 is 1.71 bits per heavy atom. The van der Waals surface area contributed by atoms with Gasteiger partial charge in [-0.2, -0.15) is 0 Å². The monoisotopic (exact) mass is 467 g/mol. The number of hydrogen-bond acceptors (Lipinski definition) is 3. The van der Waals surface area contributed by atoms with Gasteiger partial charge in [0.05, 0.1) is 11.4 Å². The fourth-order valence-corrected chi connectivity index (χ4v) is 6.71. The first kappa shape index (κ1) is 21.6. The van der Waals surface area contributed by atoms with Crippen molar-refractivity contribution in [2.45, 2.75) is 50.4 Å². The molecule has 5 nitrogen and oxygen atoms in total. The molecule has 6 rings (SSSR count). The first-order valence-corrected chi connectivity index (χ1v) is 12.0. The molecular weight excluding hydrogens is 440 g/mol. The Kier molecular flexibility index (Phi) is 4.96. The van der Waals surface area contributed by atoms with Crippen molar-refractivity contribution in [1.29, 1.82) is 0 Å². The van der Waals surface area contributed by atoms with E-state index in [1.165, 1.54) is 6.07 Å². The van der Waals surface area contributed by atoms with Crippen LogP contribution in [0.15, 0.2) is 36.4 Å². The van der Waals surface area contributed by atoms with Crippen LogP contribution >= 0.6 is 0 Å². The molecule has 178 valence electrons. The Hall–Kier alpha value is -2.93. The molecule has 2 aromatic carbocycles. The Bertz CT molecular complexity index is 1280. The molecule has 0 atom stereocenters. The number of carboxylic acid groups (broad SMARTS) is 1. The van der Waals surface area contributed by atoms with Gasteiger partial charge in [0, 0.05) is 42.0 Å². The van der Waals surface area contributed by atoms with E-state index in [0.717, 1.165) is 66.8 Å². The van der Waals surface area contributed by atoms with E-state index in [-0.39, 0.29) is 28.9 Å². The highest BCUT2D eigenvalue weighted by molar-refractivity contribution is 5.89. The number of phenolic OH excluding ortho intramolecular Hbond substituents is 1. The van der Waals surface area contributed by atoms with Crippen LogP contribution in [0.1, 0.15) is 61.6 Å². The van der Waals surface area contributed by atoms with E-state index < -0.39 is 17.6 Å². The number of carboxylic acids is 1. The summed E-state index contributed by atoms with van der Waals surface area (Å²) < 4.78 is 35.7. The van der Waals surface area contributed by atoms with Gasteiger partial charge in [-0.3, -0.25) is 4.79 Å². The first-order valence-electron chi connectivity index (χ1n) is 12.0. The van der Waals surface area contributed by atoms with E-state index in [1.807, 2.05) is 10.6 Å². The van der Waals surface area contributed by atoms with Gasteiger partial charge in [0.2, 0.25) is 0 Å². The minimum atomic E-state index is -0.894. The highest BCUT2D eigenvalue weighted by Crippen LogP contribution is 2.65. The third kappa shape index (κ3) is 3.32. The summed E-state index contributed by atoms with van der Waals surface area (Å²) in [6.45, 7) is 1.28. The number of benzene rings is 2. The number of ether oxygens (including phenoxy) is 1. The SMILES string of the molecule is O=C(O)C1CC2(C1)CC(c1c(C3CCOCC3)n(-c3ccc(F)c(F)c3)c3ccc(O)cc13)C2. The Balaban J connectivity index is 1.50. The quantitative estimate of drug-likeness (QED) is 0.504. The number of hydrogen-bond donors (Lipinski definition) is 2. The lowest BCUT2D eigenvalue weighted by Gasteiger charge is -2.57. The van der Waals surface area contributed by atoms with E-state index >= 15 is 0 Å². The molecule has 2 aliphatic carbocycles. The van der Waals surface area contributed by atoms with Crippen LogP contribution < -0.4 is 0 Å². The van der Waals surface area contributed by atoms with Crippen molar-refractivity contribution < 1.29 is 28.5 Å². The second kappa shape index (κ2) is 7.80. The van der Waals surface area contributed by atoms with Gasteiger partial charge in [0.1, 0.15) is 5.75 Å². The van der Waals surface area contributed by atoms with E-state index in [0.29, 0.717) is 18.9 Å². The zero-order valence-corrected chi connectivity index (χ0v) is 18.8. The maximum Gasteiger partial charge on any atom is 0.306 e. The van der Waals surface area contributed by atoms with Crippen LogP contribution in [-0.4, -0.2) is 34.0 Å². The lowest BCUT2D eigenvalue weighted by molar-refractivity contribution is -0.155. The summed E-state index contributed by atoms with van der Waals surface area (Å²) >= 11 is 0. The van der Waals surface area contributed by atoms with Gasteiger partial charge in [-0.05, 0) is 85.8 Å². The molecule has 1 aromatic heterocycles. The lowest BCUT2D eigenvalue weighted by atomic mass is 9.47. The standard InChI is InChI=1S/C27H27F2NO4/c28-21-3-1-18(9-22(21)29)30-23-4-2-19(31)10-20(23)24(25(30)15-5-7-34-8-6-15)16-11-27(12-16)13-17(14-27)26(32)33/h1-4,9-10,15-17,31H,5-8,11-14H2,(H,32,33). The van der Waals surface area contributed by atoms with E-state index in [4.69, 9.17) is 4.74 Å². The van der Waals surface area contributed by atoms with Crippen LogP contribution in [-0.2, 0) is 9.53 Å². The number of aromatic hydroxyl groups is 1. The molecule has 0 radical (unpaired) electrons. The molecule has 2 N–H and O–H groups in total. The molecule has 3 aliphatic rings. The summed E-state index contributed by atoms with van der Waals surface area (Å²) in [5, 5.41) is 20.6. The Labute approximate surface area is 196 Å². The average Bonchev–Trinajstić information content (AvgIpc) is 3.08. The molecule has 3 aromatic rings. The summed E-state index contributed by atoms with van der Waals surface area (Å²) in [7, 11) is 0. The van der Waals surface area contributed by atoms with E-state index in [9.17, 15) is 23.8 Å². The molecule has 1 spiro atoms. The zero-order chi connectivity index (χ0) is 23.6. The number of aliphatic carboxylic acids is 1. The highest BCUT2D eigenvalue weighted by Gasteiger charge is 2.56. The third-order valence-electron chi connectivity index (χ3n) is 8.27. The zero-order valence-electron chi connectivity index (χ0n) is 18.8. The van der Waals surface area contributed by atoms with Crippen LogP contribution in [0.3, 0.4) is 0 Å². The second-order valence-corrected chi connectivity index (χ2v) is 10.4.